The van der Waals surface area contributed by atoms with E-state index < -0.39 is 40.4 Å². The van der Waals surface area contributed by atoms with Crippen LogP contribution in [0.1, 0.15) is 19.4 Å². The van der Waals surface area contributed by atoms with Gasteiger partial charge in [-0.05, 0) is 79.7 Å². The van der Waals surface area contributed by atoms with E-state index in [9.17, 15) is 22.4 Å². The van der Waals surface area contributed by atoms with Gasteiger partial charge in [0.25, 0.3) is 0 Å². The van der Waals surface area contributed by atoms with Gasteiger partial charge in [-0.15, -0.1) is 0 Å². The second kappa shape index (κ2) is 12.2. The number of rotatable bonds is 9. The highest BCUT2D eigenvalue weighted by atomic mass is 32.2. The van der Waals surface area contributed by atoms with Gasteiger partial charge in [0.05, 0.1) is 10.9 Å². The number of thioether (sulfide) groups is 1. The minimum absolute atomic E-state index is 0.0251. The molecule has 0 heterocycles. The van der Waals surface area contributed by atoms with Crippen LogP contribution in [0.3, 0.4) is 0 Å². The van der Waals surface area contributed by atoms with Gasteiger partial charge in [0, 0.05) is 11.0 Å². The smallest absolute Gasteiger partial charge is 0.446 e. The molecule has 0 saturated carbocycles. The molecule has 3 nitrogen and oxygen atoms in total. The summed E-state index contributed by atoms with van der Waals surface area (Å²) in [7, 11) is -0.532. The summed E-state index contributed by atoms with van der Waals surface area (Å²) in [4.78, 5) is 15.5. The number of alkyl halides is 3. The third kappa shape index (κ3) is 7.80. The first-order valence-corrected chi connectivity index (χ1v) is 13.9. The molecule has 0 aromatic heterocycles. The lowest BCUT2D eigenvalue weighted by Gasteiger charge is -2.26. The van der Waals surface area contributed by atoms with Gasteiger partial charge in [-0.3, -0.25) is 0 Å². The molecule has 202 valence electrons. The van der Waals surface area contributed by atoms with Crippen LogP contribution >= 0.6 is 11.8 Å². The van der Waals surface area contributed by atoms with Crippen molar-refractivity contribution in [1.29, 1.82) is 0 Å². The number of halogens is 4. The summed E-state index contributed by atoms with van der Waals surface area (Å²) in [5, 5.41) is 0. The van der Waals surface area contributed by atoms with Gasteiger partial charge < -0.3 is 9.47 Å². The zero-order valence-corrected chi connectivity index (χ0v) is 22.7. The molecule has 4 aromatic carbocycles. The van der Waals surface area contributed by atoms with Gasteiger partial charge in [0.15, 0.2) is 32.9 Å². The molecule has 0 bridgehead atoms. The highest BCUT2D eigenvalue weighted by Crippen LogP contribution is 2.38. The van der Waals surface area contributed by atoms with E-state index in [1.54, 1.807) is 26.0 Å². The average Bonchev–Trinajstić information content (AvgIpc) is 2.89. The summed E-state index contributed by atoms with van der Waals surface area (Å²) in [6.07, 6.45) is 0. The third-order valence-electron chi connectivity index (χ3n) is 5.59. The first-order chi connectivity index (χ1) is 18.5. The van der Waals surface area contributed by atoms with Crippen molar-refractivity contribution in [3.8, 4) is 5.75 Å². The Labute approximate surface area is 231 Å². The summed E-state index contributed by atoms with van der Waals surface area (Å²) in [6.45, 7) is 2.68. The van der Waals surface area contributed by atoms with Crippen molar-refractivity contribution >= 4 is 28.6 Å². The molecule has 4 rings (SSSR count). The van der Waals surface area contributed by atoms with Crippen molar-refractivity contribution in [2.75, 3.05) is 6.61 Å². The molecular weight excluding hydrogens is 548 g/mol. The van der Waals surface area contributed by atoms with Crippen LogP contribution in [-0.4, -0.2) is 18.1 Å². The minimum atomic E-state index is -4.39. The Morgan fingerprint density at radius 3 is 1.90 bits per heavy atom. The van der Waals surface area contributed by atoms with Crippen LogP contribution in [0, 0.1) is 5.82 Å². The van der Waals surface area contributed by atoms with Crippen molar-refractivity contribution < 1.29 is 31.8 Å². The highest BCUT2D eigenvalue weighted by Gasteiger charge is 2.31. The number of esters is 1. The van der Waals surface area contributed by atoms with Crippen molar-refractivity contribution in [3.05, 3.63) is 115 Å². The number of benzene rings is 4. The van der Waals surface area contributed by atoms with Crippen molar-refractivity contribution in [3.63, 3.8) is 0 Å². The van der Waals surface area contributed by atoms with Gasteiger partial charge in [-0.1, -0.05) is 48.5 Å². The minimum Gasteiger partial charge on any atom is -0.479 e. The van der Waals surface area contributed by atoms with E-state index in [1.165, 1.54) is 30.3 Å². The van der Waals surface area contributed by atoms with Crippen LogP contribution in [0.25, 0.3) is 0 Å². The maximum atomic E-state index is 14.7. The number of ether oxygens (including phenoxy) is 2. The fourth-order valence-electron chi connectivity index (χ4n) is 3.81. The summed E-state index contributed by atoms with van der Waals surface area (Å²) < 4.78 is 63.6. The van der Waals surface area contributed by atoms with Crippen LogP contribution < -0.4 is 4.74 Å². The van der Waals surface area contributed by atoms with Crippen LogP contribution in [0.15, 0.2) is 123 Å². The molecule has 0 atom stereocenters. The van der Waals surface area contributed by atoms with E-state index >= 15 is 0 Å². The van der Waals surface area contributed by atoms with E-state index in [0.29, 0.717) is 5.56 Å². The average molecular weight is 574 g/mol. The summed E-state index contributed by atoms with van der Waals surface area (Å²) >= 11 is -0.222. The second-order valence-corrected chi connectivity index (χ2v) is 12.0. The number of carbonyl (C=O) groups is 1. The van der Waals surface area contributed by atoms with Gasteiger partial charge in [0.2, 0.25) is 0 Å². The van der Waals surface area contributed by atoms with Gasteiger partial charge in [0.1, 0.15) is 5.60 Å². The van der Waals surface area contributed by atoms with E-state index in [0.717, 1.165) is 14.7 Å². The monoisotopic (exact) mass is 573 g/mol. The third-order valence-corrected chi connectivity index (χ3v) is 8.55. The summed E-state index contributed by atoms with van der Waals surface area (Å²) in [5.74, 6) is -1.45. The molecule has 0 N–H and O–H groups in total. The summed E-state index contributed by atoms with van der Waals surface area (Å²) in [6, 6.07) is 29.8. The Kier molecular flexibility index (Phi) is 8.92. The predicted octanol–water partition coefficient (Wildman–Crippen LogP) is 8.39. The van der Waals surface area contributed by atoms with Crippen molar-refractivity contribution in [2.45, 2.75) is 44.5 Å². The quantitative estimate of drug-likeness (QED) is 0.0872. The zero-order chi connectivity index (χ0) is 28.0. The molecule has 0 spiro atoms. The van der Waals surface area contributed by atoms with Gasteiger partial charge >= 0.3 is 11.5 Å². The standard InChI is InChI=1S/C30H25F4O3S2/c1-29(2,21-13-15-22(16-14-21)38-30(32,33)34)37-28(35)20-36-27-19-25(17-18-26(27)31)39(23-9-5-3-6-10-23)24-11-7-4-8-12-24/h3-19H,20H2,1-2H3/q+1. The maximum absolute atomic E-state index is 14.7. The zero-order valence-electron chi connectivity index (χ0n) is 21.1. The normalized spacial score (nSPS) is 11.9. The fraction of sp³-hybridized carbons (Fsp3) is 0.167. The molecule has 0 unspecified atom stereocenters. The Hall–Kier alpha value is -3.43. The molecule has 0 radical (unpaired) electrons. The van der Waals surface area contributed by atoms with E-state index in [1.807, 2.05) is 60.7 Å². The SMILES string of the molecule is CC(C)(OC(=O)COc1cc([S+](c2ccccc2)c2ccccc2)ccc1F)c1ccc(SC(F)(F)F)cc1. The maximum Gasteiger partial charge on any atom is 0.446 e. The van der Waals surface area contributed by atoms with Crippen LogP contribution in [-0.2, 0) is 26.0 Å². The molecular formula is C30H25F4O3S2+. The van der Waals surface area contributed by atoms with Gasteiger partial charge in [-0.25, -0.2) is 9.18 Å². The van der Waals surface area contributed by atoms with Crippen molar-refractivity contribution in [1.82, 2.24) is 0 Å². The van der Waals surface area contributed by atoms with Crippen LogP contribution in [0.4, 0.5) is 17.6 Å². The molecule has 0 amide bonds. The molecule has 0 aliphatic carbocycles. The lowest BCUT2D eigenvalue weighted by Crippen LogP contribution is -2.28. The molecule has 4 aromatic rings. The second-order valence-electron chi connectivity index (χ2n) is 8.87. The Bertz CT molecular complexity index is 1350. The van der Waals surface area contributed by atoms with Crippen molar-refractivity contribution in [2.24, 2.45) is 0 Å². The first kappa shape index (κ1) is 28.6. The lowest BCUT2D eigenvalue weighted by molar-refractivity contribution is -0.159. The molecule has 0 aliphatic heterocycles. The van der Waals surface area contributed by atoms with Crippen LogP contribution in [0.2, 0.25) is 0 Å². The Morgan fingerprint density at radius 2 is 1.36 bits per heavy atom. The van der Waals surface area contributed by atoms with E-state index in [-0.39, 0.29) is 22.4 Å². The molecule has 39 heavy (non-hydrogen) atoms. The molecule has 0 aliphatic rings. The van der Waals surface area contributed by atoms with Crippen LogP contribution in [0.5, 0.6) is 5.75 Å². The predicted molar refractivity (Wildman–Crippen MR) is 144 cm³/mol. The number of hydrogen-bond acceptors (Lipinski definition) is 4. The van der Waals surface area contributed by atoms with Gasteiger partial charge in [-0.2, -0.15) is 13.2 Å². The first-order valence-electron chi connectivity index (χ1n) is 11.9. The fourth-order valence-corrected chi connectivity index (χ4v) is 6.45. The Morgan fingerprint density at radius 1 is 0.795 bits per heavy atom. The molecule has 0 saturated heterocycles. The lowest BCUT2D eigenvalue weighted by atomic mass is 9.98. The number of hydrogen-bond donors (Lipinski definition) is 0. The Balaban J connectivity index is 1.47. The largest absolute Gasteiger partial charge is 0.479 e. The van der Waals surface area contributed by atoms with E-state index in [2.05, 4.69) is 0 Å². The topological polar surface area (TPSA) is 35.5 Å². The highest BCUT2D eigenvalue weighted by molar-refractivity contribution is 8.00. The number of carbonyl (C=O) groups excluding carboxylic acids is 1. The van der Waals surface area contributed by atoms with E-state index in [4.69, 9.17) is 9.47 Å². The summed E-state index contributed by atoms with van der Waals surface area (Å²) in [5.41, 5.74) is -5.03. The molecule has 0 fully saturated rings. The molecule has 9 heteroatoms.